The van der Waals surface area contributed by atoms with E-state index in [-0.39, 0.29) is 5.92 Å². The second kappa shape index (κ2) is 8.98. The summed E-state index contributed by atoms with van der Waals surface area (Å²) in [5.74, 6) is -0.207. The maximum Gasteiger partial charge on any atom is 0.320 e. The lowest BCUT2D eigenvalue weighted by molar-refractivity contribution is -0.140. The van der Waals surface area contributed by atoms with Crippen LogP contribution in [-0.2, 0) is 17.9 Å². The predicted octanol–water partition coefficient (Wildman–Crippen LogP) is 2.68. The molecule has 0 aliphatic heterocycles. The molecule has 0 fully saturated rings. The normalized spacial score (nSPS) is 13.2. The minimum atomic E-state index is -0.827. The second-order valence-corrected chi connectivity index (χ2v) is 5.84. The number of aromatic nitrogens is 2. The molecule has 0 radical (unpaired) electrons. The van der Waals surface area contributed by atoms with Gasteiger partial charge in [0.05, 0.1) is 0 Å². The van der Waals surface area contributed by atoms with Gasteiger partial charge in [-0.3, -0.25) is 10.1 Å². The van der Waals surface area contributed by atoms with Crippen LogP contribution in [0.15, 0.2) is 42.7 Å². The summed E-state index contributed by atoms with van der Waals surface area (Å²) in [4.78, 5) is 19.8. The Labute approximate surface area is 142 Å². The van der Waals surface area contributed by atoms with E-state index in [4.69, 9.17) is 0 Å². The number of carboxylic acids is 1. The summed E-state index contributed by atoms with van der Waals surface area (Å²) >= 11 is 0. The predicted molar refractivity (Wildman–Crippen MR) is 93.5 cm³/mol. The van der Waals surface area contributed by atoms with Crippen LogP contribution in [0.3, 0.4) is 0 Å². The van der Waals surface area contributed by atoms with E-state index in [1.165, 1.54) is 0 Å². The fourth-order valence-corrected chi connectivity index (χ4v) is 2.31. The highest BCUT2D eigenvalue weighted by Crippen LogP contribution is 2.09. The number of hydrogen-bond donors (Lipinski definition) is 3. The van der Waals surface area contributed by atoms with Crippen LogP contribution in [0.25, 0.3) is 0 Å². The molecular formula is C18H24N4O2. The van der Waals surface area contributed by atoms with Gasteiger partial charge in [0.1, 0.15) is 6.04 Å². The molecule has 6 heteroatoms. The summed E-state index contributed by atoms with van der Waals surface area (Å²) in [5.41, 5.74) is 2.01. The third-order valence-electron chi connectivity index (χ3n) is 4.00. The fraction of sp³-hybridized carbons (Fsp3) is 0.389. The highest BCUT2D eigenvalue weighted by atomic mass is 16.4. The fourth-order valence-electron chi connectivity index (χ4n) is 2.31. The van der Waals surface area contributed by atoms with Gasteiger partial charge < -0.3 is 10.4 Å². The van der Waals surface area contributed by atoms with E-state index >= 15 is 0 Å². The van der Waals surface area contributed by atoms with Crippen molar-refractivity contribution in [3.63, 3.8) is 0 Å². The van der Waals surface area contributed by atoms with Crippen molar-refractivity contribution in [1.29, 1.82) is 0 Å². The molecule has 0 aliphatic rings. The molecule has 0 unspecified atom stereocenters. The van der Waals surface area contributed by atoms with Crippen LogP contribution in [-0.4, -0.2) is 27.1 Å². The molecule has 2 atom stereocenters. The molecule has 2 rings (SSSR count). The number of hydrogen-bond acceptors (Lipinski definition) is 5. The van der Waals surface area contributed by atoms with Gasteiger partial charge in [-0.25, -0.2) is 9.97 Å². The van der Waals surface area contributed by atoms with Crippen molar-refractivity contribution in [3.05, 3.63) is 53.9 Å². The Bertz CT molecular complexity index is 631. The average Bonchev–Trinajstić information content (AvgIpc) is 2.61. The molecule has 0 amide bonds. The molecule has 0 saturated carbocycles. The molecule has 0 spiro atoms. The first-order valence-electron chi connectivity index (χ1n) is 8.15. The van der Waals surface area contributed by atoms with Gasteiger partial charge in [-0.1, -0.05) is 50.6 Å². The van der Waals surface area contributed by atoms with Crippen LogP contribution in [0.5, 0.6) is 0 Å². The first kappa shape index (κ1) is 17.9. The lowest BCUT2D eigenvalue weighted by atomic mass is 9.99. The summed E-state index contributed by atoms with van der Waals surface area (Å²) in [6, 6.07) is 9.46. The van der Waals surface area contributed by atoms with Gasteiger partial charge in [0.15, 0.2) is 0 Å². The van der Waals surface area contributed by atoms with Crippen LogP contribution in [0.1, 0.15) is 31.4 Å². The van der Waals surface area contributed by atoms with Crippen LogP contribution >= 0.6 is 0 Å². The smallest absolute Gasteiger partial charge is 0.320 e. The Morgan fingerprint density at radius 1 is 1.12 bits per heavy atom. The molecule has 1 heterocycles. The van der Waals surface area contributed by atoms with E-state index in [0.29, 0.717) is 19.0 Å². The molecular weight excluding hydrogens is 304 g/mol. The van der Waals surface area contributed by atoms with Gasteiger partial charge in [0, 0.05) is 31.0 Å². The van der Waals surface area contributed by atoms with E-state index in [0.717, 1.165) is 17.5 Å². The quantitative estimate of drug-likeness (QED) is 0.656. The van der Waals surface area contributed by atoms with Crippen LogP contribution in [0, 0.1) is 5.92 Å². The van der Waals surface area contributed by atoms with Crippen molar-refractivity contribution in [1.82, 2.24) is 15.3 Å². The third-order valence-corrected chi connectivity index (χ3v) is 4.00. The summed E-state index contributed by atoms with van der Waals surface area (Å²) in [6.45, 7) is 5.01. The summed E-state index contributed by atoms with van der Waals surface area (Å²) < 4.78 is 0. The lowest BCUT2D eigenvalue weighted by Gasteiger charge is -2.20. The molecule has 0 saturated heterocycles. The van der Waals surface area contributed by atoms with Crippen LogP contribution in [0.4, 0.5) is 5.95 Å². The Hall–Kier alpha value is -2.47. The Kier molecular flexibility index (Phi) is 6.69. The number of rotatable bonds is 9. The number of nitrogens with one attached hydrogen (secondary N) is 2. The molecule has 3 N–H and O–H groups in total. The van der Waals surface area contributed by atoms with Crippen LogP contribution in [0.2, 0.25) is 0 Å². The summed E-state index contributed by atoms with van der Waals surface area (Å²) in [5, 5.41) is 15.5. The first-order valence-corrected chi connectivity index (χ1v) is 8.15. The molecule has 1 aromatic heterocycles. The van der Waals surface area contributed by atoms with Crippen molar-refractivity contribution >= 4 is 11.9 Å². The van der Waals surface area contributed by atoms with Gasteiger partial charge >= 0.3 is 5.97 Å². The SMILES string of the molecule is CC[C@@H](C)[C@@H](NCc1cnc(NCc2ccccc2)nc1)C(=O)O. The number of aliphatic carboxylic acids is 1. The maximum absolute atomic E-state index is 11.3. The number of benzene rings is 1. The minimum Gasteiger partial charge on any atom is -0.480 e. The molecule has 6 nitrogen and oxygen atoms in total. The topological polar surface area (TPSA) is 87.1 Å². The number of anilines is 1. The van der Waals surface area contributed by atoms with Crippen molar-refractivity contribution in [2.24, 2.45) is 5.92 Å². The Morgan fingerprint density at radius 3 is 2.38 bits per heavy atom. The van der Waals surface area contributed by atoms with Gasteiger partial charge in [-0.2, -0.15) is 0 Å². The molecule has 2 aromatic rings. The monoisotopic (exact) mass is 328 g/mol. The number of carboxylic acid groups (broad SMARTS) is 1. The summed E-state index contributed by atoms with van der Waals surface area (Å²) in [7, 11) is 0. The first-order chi connectivity index (χ1) is 11.6. The van der Waals surface area contributed by atoms with Gasteiger partial charge in [0.2, 0.25) is 5.95 Å². The molecule has 128 valence electrons. The number of carbonyl (C=O) groups is 1. The van der Waals surface area contributed by atoms with Crippen molar-refractivity contribution in [3.8, 4) is 0 Å². The highest BCUT2D eigenvalue weighted by Gasteiger charge is 2.22. The van der Waals surface area contributed by atoms with E-state index in [1.54, 1.807) is 12.4 Å². The van der Waals surface area contributed by atoms with Crippen molar-refractivity contribution < 1.29 is 9.90 Å². The van der Waals surface area contributed by atoms with E-state index < -0.39 is 12.0 Å². The standard InChI is InChI=1S/C18H24N4O2/c1-3-13(2)16(17(23)24)19-10-15-11-21-18(22-12-15)20-9-14-7-5-4-6-8-14/h4-8,11-13,16,19H,3,9-10H2,1-2H3,(H,23,24)(H,20,21,22)/t13-,16-/m1/s1. The second-order valence-electron chi connectivity index (χ2n) is 5.84. The largest absolute Gasteiger partial charge is 0.480 e. The third kappa shape index (κ3) is 5.31. The molecule has 24 heavy (non-hydrogen) atoms. The van der Waals surface area contributed by atoms with Crippen LogP contribution < -0.4 is 10.6 Å². The zero-order valence-corrected chi connectivity index (χ0v) is 14.1. The van der Waals surface area contributed by atoms with Gasteiger partial charge in [-0.15, -0.1) is 0 Å². The lowest BCUT2D eigenvalue weighted by Crippen LogP contribution is -2.41. The average molecular weight is 328 g/mol. The highest BCUT2D eigenvalue weighted by molar-refractivity contribution is 5.73. The van der Waals surface area contributed by atoms with Gasteiger partial charge in [0.25, 0.3) is 0 Å². The minimum absolute atomic E-state index is 0.0650. The molecule has 0 bridgehead atoms. The number of nitrogens with zero attached hydrogens (tertiary/aromatic N) is 2. The Morgan fingerprint density at radius 2 is 1.79 bits per heavy atom. The summed E-state index contributed by atoms with van der Waals surface area (Å²) in [6.07, 6.45) is 4.23. The van der Waals surface area contributed by atoms with Gasteiger partial charge in [-0.05, 0) is 11.5 Å². The van der Waals surface area contributed by atoms with E-state index in [9.17, 15) is 9.90 Å². The Balaban J connectivity index is 1.86. The maximum atomic E-state index is 11.3. The van der Waals surface area contributed by atoms with Crippen molar-refractivity contribution in [2.45, 2.75) is 39.4 Å². The van der Waals surface area contributed by atoms with E-state index in [1.807, 2.05) is 44.2 Å². The molecule has 1 aromatic carbocycles. The van der Waals surface area contributed by atoms with E-state index in [2.05, 4.69) is 20.6 Å². The molecule has 0 aliphatic carbocycles. The zero-order chi connectivity index (χ0) is 17.4. The zero-order valence-electron chi connectivity index (χ0n) is 14.1. The van der Waals surface area contributed by atoms with Crippen molar-refractivity contribution in [2.75, 3.05) is 5.32 Å².